The van der Waals surface area contributed by atoms with Crippen molar-refractivity contribution in [2.75, 3.05) is 12.1 Å². The summed E-state index contributed by atoms with van der Waals surface area (Å²) in [5.74, 6) is 2.16. The third-order valence-corrected chi connectivity index (χ3v) is 4.76. The van der Waals surface area contributed by atoms with Crippen molar-refractivity contribution in [3.05, 3.63) is 71.6 Å². The van der Waals surface area contributed by atoms with Crippen LogP contribution in [0.25, 0.3) is 16.9 Å². The quantitative estimate of drug-likeness (QED) is 0.570. The van der Waals surface area contributed by atoms with E-state index in [-0.39, 0.29) is 6.79 Å². The Balaban J connectivity index is 1.62. The minimum atomic E-state index is 0.198. The highest BCUT2D eigenvalue weighted by Gasteiger charge is 2.22. The molecule has 134 valence electrons. The zero-order valence-electron chi connectivity index (χ0n) is 14.2. The van der Waals surface area contributed by atoms with Gasteiger partial charge >= 0.3 is 0 Å². The highest BCUT2D eigenvalue weighted by atomic mass is 35.5. The molecule has 1 N–H and O–H groups in total. The molecule has 0 unspecified atom stereocenters. The molecule has 2 aromatic carbocycles. The van der Waals surface area contributed by atoms with Gasteiger partial charge in [0.15, 0.2) is 17.1 Å². The summed E-state index contributed by atoms with van der Waals surface area (Å²) in [7, 11) is 0. The molecule has 4 aromatic rings. The number of nitrogens with one attached hydrogen (secondary N) is 1. The van der Waals surface area contributed by atoms with E-state index in [1.807, 2.05) is 34.9 Å². The average molecular weight is 379 g/mol. The fourth-order valence-corrected chi connectivity index (χ4v) is 3.39. The normalized spacial score (nSPS) is 12.5. The minimum Gasteiger partial charge on any atom is -0.454 e. The van der Waals surface area contributed by atoms with Crippen molar-refractivity contribution in [3.8, 4) is 22.8 Å². The average Bonchev–Trinajstić information content (AvgIpc) is 3.30. The Morgan fingerprint density at radius 3 is 2.78 bits per heavy atom. The van der Waals surface area contributed by atoms with E-state index in [1.165, 1.54) is 5.56 Å². The molecule has 0 spiro atoms. The SMILES string of the molecule is Clc1cc2c(cc1-c1nc3cnccn3c1NCc1ccccc1)OCO2. The summed E-state index contributed by atoms with van der Waals surface area (Å²) in [6, 6.07) is 13.8. The fourth-order valence-electron chi connectivity index (χ4n) is 3.14. The molecule has 27 heavy (non-hydrogen) atoms. The molecule has 2 aromatic heterocycles. The Morgan fingerprint density at radius 2 is 1.93 bits per heavy atom. The highest BCUT2D eigenvalue weighted by molar-refractivity contribution is 6.33. The first-order chi connectivity index (χ1) is 13.3. The smallest absolute Gasteiger partial charge is 0.231 e. The predicted octanol–water partition coefficient (Wildman–Crippen LogP) is 4.39. The highest BCUT2D eigenvalue weighted by Crippen LogP contribution is 2.42. The zero-order valence-corrected chi connectivity index (χ0v) is 15.0. The maximum atomic E-state index is 6.53. The zero-order chi connectivity index (χ0) is 18.2. The van der Waals surface area contributed by atoms with Crippen LogP contribution in [-0.4, -0.2) is 21.2 Å². The lowest BCUT2D eigenvalue weighted by molar-refractivity contribution is 0.174. The number of ether oxygens (including phenoxy) is 2. The third kappa shape index (κ3) is 2.84. The molecular weight excluding hydrogens is 364 g/mol. The number of halogens is 1. The number of benzene rings is 2. The van der Waals surface area contributed by atoms with Gasteiger partial charge in [-0.25, -0.2) is 4.98 Å². The Hall–Kier alpha value is -3.25. The summed E-state index contributed by atoms with van der Waals surface area (Å²) in [5, 5.41) is 4.04. The van der Waals surface area contributed by atoms with Crippen molar-refractivity contribution in [1.29, 1.82) is 0 Å². The van der Waals surface area contributed by atoms with Gasteiger partial charge in [-0.2, -0.15) is 0 Å². The lowest BCUT2D eigenvalue weighted by Gasteiger charge is -2.10. The number of anilines is 1. The van der Waals surface area contributed by atoms with Gasteiger partial charge in [-0.05, 0) is 11.6 Å². The maximum absolute atomic E-state index is 6.53. The van der Waals surface area contributed by atoms with Crippen molar-refractivity contribution in [2.45, 2.75) is 6.54 Å². The van der Waals surface area contributed by atoms with Crippen LogP contribution in [0.15, 0.2) is 61.1 Å². The molecule has 0 bridgehead atoms. The molecule has 0 radical (unpaired) electrons. The molecule has 1 aliphatic rings. The van der Waals surface area contributed by atoms with Crippen molar-refractivity contribution in [1.82, 2.24) is 14.4 Å². The first-order valence-electron chi connectivity index (χ1n) is 8.49. The van der Waals surface area contributed by atoms with Gasteiger partial charge in [0, 0.05) is 30.6 Å². The van der Waals surface area contributed by atoms with Gasteiger partial charge in [0.2, 0.25) is 6.79 Å². The summed E-state index contributed by atoms with van der Waals surface area (Å²) in [5.41, 5.74) is 3.42. The molecular formula is C20H15ClN4O2. The van der Waals surface area contributed by atoms with Gasteiger partial charge in [-0.3, -0.25) is 9.38 Å². The van der Waals surface area contributed by atoms with Gasteiger partial charge in [-0.1, -0.05) is 41.9 Å². The van der Waals surface area contributed by atoms with Crippen LogP contribution in [0.4, 0.5) is 5.82 Å². The van der Waals surface area contributed by atoms with Crippen LogP contribution in [0.2, 0.25) is 5.02 Å². The number of rotatable bonds is 4. The van der Waals surface area contributed by atoms with E-state index in [0.29, 0.717) is 23.1 Å². The molecule has 0 amide bonds. The lowest BCUT2D eigenvalue weighted by Crippen LogP contribution is -2.03. The number of fused-ring (bicyclic) bond motifs is 2. The Kier molecular flexibility index (Phi) is 3.83. The second-order valence-corrected chi connectivity index (χ2v) is 6.55. The van der Waals surface area contributed by atoms with E-state index in [4.69, 9.17) is 26.1 Å². The van der Waals surface area contributed by atoms with E-state index in [1.54, 1.807) is 18.5 Å². The molecule has 0 aliphatic carbocycles. The van der Waals surface area contributed by atoms with E-state index in [9.17, 15) is 0 Å². The standard InChI is InChI=1S/C20H15ClN4O2/c21-15-9-17-16(26-12-27-17)8-14(15)19-20(23-10-13-4-2-1-3-5-13)25-7-6-22-11-18(25)24-19/h1-9,11,23H,10,12H2. The Bertz CT molecular complexity index is 1130. The third-order valence-electron chi connectivity index (χ3n) is 4.45. The first kappa shape index (κ1) is 16.0. The number of hydrogen-bond acceptors (Lipinski definition) is 5. The van der Waals surface area contributed by atoms with Crippen molar-refractivity contribution in [2.24, 2.45) is 0 Å². The van der Waals surface area contributed by atoms with Crippen LogP contribution in [0.5, 0.6) is 11.5 Å². The van der Waals surface area contributed by atoms with Crippen LogP contribution in [0.3, 0.4) is 0 Å². The summed E-state index contributed by atoms with van der Waals surface area (Å²) in [6.07, 6.45) is 5.32. The van der Waals surface area contributed by atoms with Crippen LogP contribution in [0.1, 0.15) is 5.56 Å². The van der Waals surface area contributed by atoms with Gasteiger partial charge in [0.25, 0.3) is 0 Å². The molecule has 6 nitrogen and oxygen atoms in total. The predicted molar refractivity (Wildman–Crippen MR) is 103 cm³/mol. The van der Waals surface area contributed by atoms with E-state index in [0.717, 1.165) is 22.7 Å². The van der Waals surface area contributed by atoms with Crippen molar-refractivity contribution in [3.63, 3.8) is 0 Å². The summed E-state index contributed by atoms with van der Waals surface area (Å²) >= 11 is 6.53. The van der Waals surface area contributed by atoms with Crippen LogP contribution in [-0.2, 0) is 6.54 Å². The van der Waals surface area contributed by atoms with Crippen LogP contribution in [0, 0.1) is 0 Å². The molecule has 0 saturated carbocycles. The molecule has 0 saturated heterocycles. The van der Waals surface area contributed by atoms with E-state index < -0.39 is 0 Å². The number of hydrogen-bond donors (Lipinski definition) is 1. The van der Waals surface area contributed by atoms with Gasteiger partial charge in [0.1, 0.15) is 11.5 Å². The monoisotopic (exact) mass is 378 g/mol. The molecule has 7 heteroatoms. The summed E-state index contributed by atoms with van der Waals surface area (Å²) in [6.45, 7) is 0.857. The first-order valence-corrected chi connectivity index (χ1v) is 8.87. The molecule has 1 aliphatic heterocycles. The summed E-state index contributed by atoms with van der Waals surface area (Å²) < 4.78 is 12.9. The number of aromatic nitrogens is 3. The van der Waals surface area contributed by atoms with Gasteiger partial charge in [0.05, 0.1) is 11.2 Å². The molecule has 5 rings (SSSR count). The molecule has 0 atom stereocenters. The second-order valence-electron chi connectivity index (χ2n) is 6.14. The lowest BCUT2D eigenvalue weighted by atomic mass is 10.1. The van der Waals surface area contributed by atoms with Crippen molar-refractivity contribution >= 4 is 23.1 Å². The maximum Gasteiger partial charge on any atom is 0.231 e. The largest absolute Gasteiger partial charge is 0.454 e. The topological polar surface area (TPSA) is 60.7 Å². The molecule has 0 fully saturated rings. The minimum absolute atomic E-state index is 0.198. The molecule has 3 heterocycles. The fraction of sp³-hybridized carbons (Fsp3) is 0.100. The number of nitrogens with zero attached hydrogens (tertiary/aromatic N) is 3. The van der Waals surface area contributed by atoms with Crippen molar-refractivity contribution < 1.29 is 9.47 Å². The van der Waals surface area contributed by atoms with Crippen LogP contribution < -0.4 is 14.8 Å². The number of imidazole rings is 1. The van der Waals surface area contributed by atoms with E-state index >= 15 is 0 Å². The van der Waals surface area contributed by atoms with E-state index in [2.05, 4.69) is 22.4 Å². The Morgan fingerprint density at radius 1 is 1.11 bits per heavy atom. The van der Waals surface area contributed by atoms with Crippen LogP contribution >= 0.6 is 11.6 Å². The second kappa shape index (κ2) is 6.48. The Labute approximate surface area is 160 Å². The van der Waals surface area contributed by atoms with Gasteiger partial charge in [-0.15, -0.1) is 0 Å². The van der Waals surface area contributed by atoms with Gasteiger partial charge < -0.3 is 14.8 Å². The summed E-state index contributed by atoms with van der Waals surface area (Å²) in [4.78, 5) is 8.91.